The molecule has 2 rings (SSSR count). The first-order valence-electron chi connectivity index (χ1n) is 5.56. The lowest BCUT2D eigenvalue weighted by atomic mass is 9.96. The molecule has 2 aromatic carbocycles. The summed E-state index contributed by atoms with van der Waals surface area (Å²) in [4.78, 5) is 12.5. The second-order valence-electron chi connectivity index (χ2n) is 4.20. The van der Waals surface area contributed by atoms with Gasteiger partial charge < -0.3 is 0 Å². The van der Waals surface area contributed by atoms with Crippen LogP contribution >= 0.6 is 27.5 Å². The van der Waals surface area contributed by atoms with Crippen molar-refractivity contribution in [1.29, 1.82) is 0 Å². The summed E-state index contributed by atoms with van der Waals surface area (Å²) in [5.41, 5.74) is 3.50. The molecule has 2 aromatic rings. The maximum atomic E-state index is 12.5. The van der Waals surface area contributed by atoms with Gasteiger partial charge in [-0.2, -0.15) is 0 Å². The molecule has 0 aromatic heterocycles. The fourth-order valence-electron chi connectivity index (χ4n) is 1.82. The van der Waals surface area contributed by atoms with E-state index in [1.165, 1.54) is 0 Å². The lowest BCUT2D eigenvalue weighted by Crippen LogP contribution is -2.05. The quantitative estimate of drug-likeness (QED) is 0.715. The van der Waals surface area contributed by atoms with E-state index < -0.39 is 0 Å². The highest BCUT2D eigenvalue weighted by atomic mass is 79.9. The average molecular weight is 324 g/mol. The van der Waals surface area contributed by atoms with E-state index in [0.29, 0.717) is 10.6 Å². The van der Waals surface area contributed by atoms with Crippen LogP contribution in [-0.2, 0) is 0 Å². The SMILES string of the molecule is Cc1cccc(C(=O)c2ccc(Cl)cc2Br)c1C. The molecular formula is C15H12BrClO. The lowest BCUT2D eigenvalue weighted by molar-refractivity contribution is 0.103. The maximum absolute atomic E-state index is 12.5. The predicted octanol–water partition coefficient (Wildman–Crippen LogP) is 4.95. The van der Waals surface area contributed by atoms with Crippen LogP contribution in [0, 0.1) is 13.8 Å². The van der Waals surface area contributed by atoms with Gasteiger partial charge in [-0.25, -0.2) is 0 Å². The topological polar surface area (TPSA) is 17.1 Å². The molecule has 1 nitrogen and oxygen atoms in total. The molecule has 0 amide bonds. The summed E-state index contributed by atoms with van der Waals surface area (Å²) in [7, 11) is 0. The summed E-state index contributed by atoms with van der Waals surface area (Å²) in [5, 5.41) is 0.611. The second-order valence-corrected chi connectivity index (χ2v) is 5.49. The summed E-state index contributed by atoms with van der Waals surface area (Å²) in [6.07, 6.45) is 0. The summed E-state index contributed by atoms with van der Waals surface area (Å²) in [6.45, 7) is 3.97. The third-order valence-corrected chi connectivity index (χ3v) is 3.92. The number of halogens is 2. The number of aryl methyl sites for hydroxylation is 1. The van der Waals surface area contributed by atoms with Crippen LogP contribution in [0.25, 0.3) is 0 Å². The second kappa shape index (κ2) is 5.25. The average Bonchev–Trinajstić information content (AvgIpc) is 2.32. The van der Waals surface area contributed by atoms with Crippen molar-refractivity contribution in [2.45, 2.75) is 13.8 Å². The van der Waals surface area contributed by atoms with Crippen molar-refractivity contribution in [2.24, 2.45) is 0 Å². The Balaban J connectivity index is 2.51. The number of rotatable bonds is 2. The van der Waals surface area contributed by atoms with E-state index in [-0.39, 0.29) is 5.78 Å². The smallest absolute Gasteiger partial charge is 0.194 e. The Morgan fingerprint density at radius 2 is 1.83 bits per heavy atom. The van der Waals surface area contributed by atoms with E-state index in [4.69, 9.17) is 11.6 Å². The predicted molar refractivity (Wildman–Crippen MR) is 78.5 cm³/mol. The van der Waals surface area contributed by atoms with Crippen LogP contribution in [-0.4, -0.2) is 5.78 Å². The fraction of sp³-hybridized carbons (Fsp3) is 0.133. The molecule has 0 unspecified atom stereocenters. The minimum atomic E-state index is 0.0136. The van der Waals surface area contributed by atoms with Gasteiger partial charge in [-0.15, -0.1) is 0 Å². The van der Waals surface area contributed by atoms with Gasteiger partial charge in [0.05, 0.1) is 0 Å². The monoisotopic (exact) mass is 322 g/mol. The minimum absolute atomic E-state index is 0.0136. The van der Waals surface area contributed by atoms with E-state index in [2.05, 4.69) is 15.9 Å². The van der Waals surface area contributed by atoms with Gasteiger partial charge in [-0.1, -0.05) is 29.8 Å². The van der Waals surface area contributed by atoms with Gasteiger partial charge in [-0.05, 0) is 59.1 Å². The number of ketones is 1. The Bertz CT molecular complexity index is 620. The largest absolute Gasteiger partial charge is 0.289 e. The summed E-state index contributed by atoms with van der Waals surface area (Å²) in [5.74, 6) is 0.0136. The molecule has 0 radical (unpaired) electrons. The molecule has 0 aliphatic heterocycles. The van der Waals surface area contributed by atoms with Crippen LogP contribution in [0.15, 0.2) is 40.9 Å². The Kier molecular flexibility index (Phi) is 3.88. The standard InChI is InChI=1S/C15H12BrClO/c1-9-4-3-5-12(10(9)2)15(18)13-7-6-11(17)8-14(13)16/h3-8H,1-2H3. The molecule has 0 heterocycles. The Morgan fingerprint density at radius 3 is 2.50 bits per heavy atom. The Hall–Kier alpha value is -1.12. The van der Waals surface area contributed by atoms with Crippen LogP contribution in [0.2, 0.25) is 5.02 Å². The highest BCUT2D eigenvalue weighted by Gasteiger charge is 2.15. The molecule has 18 heavy (non-hydrogen) atoms. The van der Waals surface area contributed by atoms with Gasteiger partial charge in [0.2, 0.25) is 0 Å². The molecule has 0 saturated carbocycles. The van der Waals surface area contributed by atoms with E-state index in [1.807, 2.05) is 32.0 Å². The molecule has 0 aliphatic rings. The molecule has 0 N–H and O–H groups in total. The van der Waals surface area contributed by atoms with Gasteiger partial charge in [-0.3, -0.25) is 4.79 Å². The van der Waals surface area contributed by atoms with Crippen molar-refractivity contribution in [2.75, 3.05) is 0 Å². The molecular weight excluding hydrogens is 312 g/mol. The van der Waals surface area contributed by atoms with Crippen molar-refractivity contribution in [1.82, 2.24) is 0 Å². The Morgan fingerprint density at radius 1 is 1.11 bits per heavy atom. The molecule has 0 atom stereocenters. The van der Waals surface area contributed by atoms with Gasteiger partial charge in [0, 0.05) is 20.6 Å². The lowest BCUT2D eigenvalue weighted by Gasteiger charge is -2.09. The van der Waals surface area contributed by atoms with Crippen molar-refractivity contribution < 1.29 is 4.79 Å². The summed E-state index contributed by atoms with van der Waals surface area (Å²) in [6, 6.07) is 11.0. The van der Waals surface area contributed by atoms with Gasteiger partial charge in [0.15, 0.2) is 5.78 Å². The first kappa shape index (κ1) is 13.3. The van der Waals surface area contributed by atoms with E-state index in [0.717, 1.165) is 21.2 Å². The van der Waals surface area contributed by atoms with Crippen LogP contribution in [0.5, 0.6) is 0 Å². The molecule has 0 aliphatic carbocycles. The third-order valence-electron chi connectivity index (χ3n) is 3.03. The van der Waals surface area contributed by atoms with Gasteiger partial charge >= 0.3 is 0 Å². The molecule has 92 valence electrons. The minimum Gasteiger partial charge on any atom is -0.289 e. The van der Waals surface area contributed by atoms with Gasteiger partial charge in [0.1, 0.15) is 0 Å². The van der Waals surface area contributed by atoms with E-state index in [9.17, 15) is 4.79 Å². The zero-order valence-corrected chi connectivity index (χ0v) is 12.5. The first-order chi connectivity index (χ1) is 8.50. The van der Waals surface area contributed by atoms with Crippen molar-refractivity contribution in [3.8, 4) is 0 Å². The number of carbonyl (C=O) groups is 1. The number of hydrogen-bond acceptors (Lipinski definition) is 1. The van der Waals surface area contributed by atoms with Crippen LogP contribution in [0.4, 0.5) is 0 Å². The van der Waals surface area contributed by atoms with E-state index >= 15 is 0 Å². The van der Waals surface area contributed by atoms with Crippen molar-refractivity contribution >= 4 is 33.3 Å². The van der Waals surface area contributed by atoms with E-state index in [1.54, 1.807) is 18.2 Å². The number of carbonyl (C=O) groups excluding carboxylic acids is 1. The van der Waals surface area contributed by atoms with Gasteiger partial charge in [0.25, 0.3) is 0 Å². The molecule has 0 spiro atoms. The highest BCUT2D eigenvalue weighted by Crippen LogP contribution is 2.25. The zero-order valence-electron chi connectivity index (χ0n) is 10.1. The van der Waals surface area contributed by atoms with Crippen LogP contribution in [0.1, 0.15) is 27.0 Å². The molecule has 0 fully saturated rings. The first-order valence-corrected chi connectivity index (χ1v) is 6.74. The van der Waals surface area contributed by atoms with Crippen LogP contribution < -0.4 is 0 Å². The molecule has 3 heteroatoms. The normalized spacial score (nSPS) is 10.4. The zero-order chi connectivity index (χ0) is 13.3. The Labute approximate surface area is 120 Å². The molecule has 0 bridgehead atoms. The summed E-state index contributed by atoms with van der Waals surface area (Å²) < 4.78 is 0.723. The fourth-order valence-corrected chi connectivity index (χ4v) is 2.68. The molecule has 0 saturated heterocycles. The number of benzene rings is 2. The number of hydrogen-bond donors (Lipinski definition) is 0. The van der Waals surface area contributed by atoms with Crippen molar-refractivity contribution in [3.63, 3.8) is 0 Å². The van der Waals surface area contributed by atoms with Crippen molar-refractivity contribution in [3.05, 3.63) is 68.1 Å². The van der Waals surface area contributed by atoms with Crippen LogP contribution in [0.3, 0.4) is 0 Å². The summed E-state index contributed by atoms with van der Waals surface area (Å²) >= 11 is 9.27. The third kappa shape index (κ3) is 2.50. The maximum Gasteiger partial charge on any atom is 0.194 e. The highest BCUT2D eigenvalue weighted by molar-refractivity contribution is 9.10.